The molecule has 2 aliphatic rings. The van der Waals surface area contributed by atoms with Crippen molar-refractivity contribution in [1.29, 1.82) is 5.26 Å². The highest BCUT2D eigenvalue weighted by molar-refractivity contribution is 5.08. The lowest BCUT2D eigenvalue weighted by molar-refractivity contribution is 0.347. The van der Waals surface area contributed by atoms with Gasteiger partial charge in [-0.1, -0.05) is 25.7 Å². The van der Waals surface area contributed by atoms with Crippen LogP contribution in [-0.4, -0.2) is 23.5 Å². The van der Waals surface area contributed by atoms with E-state index in [9.17, 15) is 0 Å². The molecule has 2 fully saturated rings. The first-order chi connectivity index (χ1) is 5.92. The van der Waals surface area contributed by atoms with E-state index < -0.39 is 0 Å². The minimum atomic E-state index is 0.271. The topological polar surface area (TPSA) is 26.8 Å². The summed E-state index contributed by atoms with van der Waals surface area (Å²) >= 11 is 0. The van der Waals surface area contributed by atoms with Crippen molar-refractivity contribution >= 4 is 0 Å². The summed E-state index contributed by atoms with van der Waals surface area (Å²) in [5.41, 5.74) is 0. The van der Waals surface area contributed by atoms with Crippen molar-refractivity contribution < 1.29 is 0 Å². The van der Waals surface area contributed by atoms with Gasteiger partial charge in [0.05, 0.1) is 6.07 Å². The van der Waals surface area contributed by atoms with E-state index in [-0.39, 0.29) is 6.04 Å². The Morgan fingerprint density at radius 2 is 1.75 bits per heavy atom. The fourth-order valence-electron chi connectivity index (χ4n) is 2.26. The van der Waals surface area contributed by atoms with Gasteiger partial charge in [-0.3, -0.25) is 4.90 Å². The standard InChI is InChI=1S/C10H16N2/c11-7-10-8-12(10)9-5-3-1-2-4-6-9/h9-10H,1-6,8H2. The second kappa shape index (κ2) is 3.45. The lowest BCUT2D eigenvalue weighted by Gasteiger charge is -2.14. The van der Waals surface area contributed by atoms with Gasteiger partial charge in [0, 0.05) is 12.6 Å². The SMILES string of the molecule is N#CC1CN1C1CCCCCC1. The molecule has 0 radical (unpaired) electrons. The highest BCUT2D eigenvalue weighted by atomic mass is 15.3. The molecular weight excluding hydrogens is 148 g/mol. The molecule has 0 amide bonds. The first kappa shape index (κ1) is 8.07. The van der Waals surface area contributed by atoms with Gasteiger partial charge in [0.2, 0.25) is 0 Å². The summed E-state index contributed by atoms with van der Waals surface area (Å²) < 4.78 is 0. The van der Waals surface area contributed by atoms with Crippen LogP contribution >= 0.6 is 0 Å². The van der Waals surface area contributed by atoms with Crippen molar-refractivity contribution in [2.24, 2.45) is 0 Å². The molecule has 12 heavy (non-hydrogen) atoms. The van der Waals surface area contributed by atoms with Crippen LogP contribution < -0.4 is 0 Å². The Morgan fingerprint density at radius 1 is 1.08 bits per heavy atom. The van der Waals surface area contributed by atoms with E-state index in [0.717, 1.165) is 12.6 Å². The molecule has 1 saturated carbocycles. The minimum Gasteiger partial charge on any atom is -0.281 e. The molecule has 0 aromatic carbocycles. The largest absolute Gasteiger partial charge is 0.281 e. The van der Waals surface area contributed by atoms with Gasteiger partial charge in [0.1, 0.15) is 6.04 Å². The molecular formula is C10H16N2. The molecule has 2 nitrogen and oxygen atoms in total. The fourth-order valence-corrected chi connectivity index (χ4v) is 2.26. The van der Waals surface area contributed by atoms with Gasteiger partial charge in [0.25, 0.3) is 0 Å². The first-order valence-corrected chi connectivity index (χ1v) is 5.07. The smallest absolute Gasteiger partial charge is 0.111 e. The Labute approximate surface area is 74.2 Å². The molecule has 0 spiro atoms. The third kappa shape index (κ3) is 1.61. The number of hydrogen-bond donors (Lipinski definition) is 0. The summed E-state index contributed by atoms with van der Waals surface area (Å²) in [5, 5.41) is 8.69. The zero-order valence-electron chi connectivity index (χ0n) is 7.50. The van der Waals surface area contributed by atoms with Crippen molar-refractivity contribution in [2.45, 2.75) is 50.6 Å². The quantitative estimate of drug-likeness (QED) is 0.437. The lowest BCUT2D eigenvalue weighted by atomic mass is 10.1. The van der Waals surface area contributed by atoms with Crippen molar-refractivity contribution in [3.63, 3.8) is 0 Å². The molecule has 2 heteroatoms. The number of hydrogen-bond acceptors (Lipinski definition) is 2. The van der Waals surface area contributed by atoms with Crippen LogP contribution in [0.1, 0.15) is 38.5 Å². The molecule has 1 saturated heterocycles. The maximum absolute atomic E-state index is 8.69. The van der Waals surface area contributed by atoms with Gasteiger partial charge < -0.3 is 0 Å². The Kier molecular flexibility index (Phi) is 2.32. The lowest BCUT2D eigenvalue weighted by Crippen LogP contribution is -2.19. The molecule has 2 unspecified atom stereocenters. The van der Waals surface area contributed by atoms with E-state index in [2.05, 4.69) is 11.0 Å². The van der Waals surface area contributed by atoms with E-state index in [1.807, 2.05) is 0 Å². The van der Waals surface area contributed by atoms with Gasteiger partial charge in [0.15, 0.2) is 0 Å². The van der Waals surface area contributed by atoms with E-state index in [4.69, 9.17) is 5.26 Å². The average Bonchev–Trinajstić information content (AvgIpc) is 2.89. The van der Waals surface area contributed by atoms with Gasteiger partial charge in [-0.2, -0.15) is 5.26 Å². The summed E-state index contributed by atoms with van der Waals surface area (Å²) in [6.45, 7) is 1.04. The second-order valence-corrected chi connectivity index (χ2v) is 3.99. The van der Waals surface area contributed by atoms with Crippen LogP contribution in [-0.2, 0) is 0 Å². The Morgan fingerprint density at radius 3 is 2.25 bits per heavy atom. The molecule has 1 heterocycles. The Hall–Kier alpha value is -0.550. The average molecular weight is 164 g/mol. The molecule has 0 N–H and O–H groups in total. The molecule has 0 aromatic rings. The van der Waals surface area contributed by atoms with Crippen molar-refractivity contribution in [3.8, 4) is 6.07 Å². The summed E-state index contributed by atoms with van der Waals surface area (Å²) in [5.74, 6) is 0. The summed E-state index contributed by atoms with van der Waals surface area (Å²) in [6, 6.07) is 3.35. The molecule has 2 rings (SSSR count). The molecule has 1 aliphatic heterocycles. The molecule has 2 atom stereocenters. The van der Waals surface area contributed by atoms with E-state index in [1.54, 1.807) is 0 Å². The maximum Gasteiger partial charge on any atom is 0.111 e. The van der Waals surface area contributed by atoms with Gasteiger partial charge in [-0.25, -0.2) is 0 Å². The van der Waals surface area contributed by atoms with Crippen molar-refractivity contribution in [1.82, 2.24) is 4.90 Å². The fraction of sp³-hybridized carbons (Fsp3) is 0.900. The Balaban J connectivity index is 1.83. The third-order valence-corrected chi connectivity index (χ3v) is 3.09. The molecule has 0 bridgehead atoms. The number of rotatable bonds is 1. The monoisotopic (exact) mass is 164 g/mol. The van der Waals surface area contributed by atoms with Crippen LogP contribution in [0.2, 0.25) is 0 Å². The van der Waals surface area contributed by atoms with Crippen molar-refractivity contribution in [3.05, 3.63) is 0 Å². The normalized spacial score (nSPS) is 36.9. The number of nitriles is 1. The van der Waals surface area contributed by atoms with Crippen molar-refractivity contribution in [2.75, 3.05) is 6.54 Å². The number of nitrogens with zero attached hydrogens (tertiary/aromatic N) is 2. The second-order valence-electron chi connectivity index (χ2n) is 3.99. The van der Waals surface area contributed by atoms with E-state index >= 15 is 0 Å². The highest BCUT2D eigenvalue weighted by Gasteiger charge is 2.39. The highest BCUT2D eigenvalue weighted by Crippen LogP contribution is 2.29. The summed E-state index contributed by atoms with van der Waals surface area (Å²) in [7, 11) is 0. The van der Waals surface area contributed by atoms with Crippen LogP contribution in [0.5, 0.6) is 0 Å². The van der Waals surface area contributed by atoms with Crippen LogP contribution in [0.4, 0.5) is 0 Å². The Bertz CT molecular complexity index is 187. The molecule has 0 aromatic heterocycles. The van der Waals surface area contributed by atoms with E-state index in [0.29, 0.717) is 0 Å². The molecule has 66 valence electrons. The molecule has 1 aliphatic carbocycles. The zero-order chi connectivity index (χ0) is 8.39. The maximum atomic E-state index is 8.69. The predicted octanol–water partition coefficient (Wildman–Crippen LogP) is 1.92. The predicted molar refractivity (Wildman–Crippen MR) is 47.6 cm³/mol. The summed E-state index contributed by atoms with van der Waals surface area (Å²) in [4.78, 5) is 2.37. The zero-order valence-corrected chi connectivity index (χ0v) is 7.50. The van der Waals surface area contributed by atoms with Gasteiger partial charge >= 0.3 is 0 Å². The van der Waals surface area contributed by atoms with Crippen LogP contribution in [0.15, 0.2) is 0 Å². The van der Waals surface area contributed by atoms with Gasteiger partial charge in [-0.15, -0.1) is 0 Å². The summed E-state index contributed by atoms with van der Waals surface area (Å²) in [6.07, 6.45) is 8.22. The van der Waals surface area contributed by atoms with Crippen LogP contribution in [0.3, 0.4) is 0 Å². The van der Waals surface area contributed by atoms with Crippen LogP contribution in [0, 0.1) is 11.3 Å². The third-order valence-electron chi connectivity index (χ3n) is 3.09. The van der Waals surface area contributed by atoms with Crippen LogP contribution in [0.25, 0.3) is 0 Å². The van der Waals surface area contributed by atoms with Gasteiger partial charge in [-0.05, 0) is 12.8 Å². The minimum absolute atomic E-state index is 0.271. The van der Waals surface area contributed by atoms with E-state index in [1.165, 1.54) is 38.5 Å². The first-order valence-electron chi connectivity index (χ1n) is 5.07.